The van der Waals surface area contributed by atoms with E-state index >= 15 is 0 Å². The molecule has 8 heteroatoms. The summed E-state index contributed by atoms with van der Waals surface area (Å²) in [6.07, 6.45) is 3.12. The number of anilines is 1. The second-order valence-electron chi connectivity index (χ2n) is 6.53. The van der Waals surface area contributed by atoms with Crippen molar-refractivity contribution >= 4 is 17.4 Å². The lowest BCUT2D eigenvalue weighted by molar-refractivity contribution is 0.0963. The molecule has 140 valence electrons. The number of piperidine rings is 1. The van der Waals surface area contributed by atoms with Crippen LogP contribution < -0.4 is 16.0 Å². The van der Waals surface area contributed by atoms with E-state index in [1.54, 1.807) is 31.6 Å². The van der Waals surface area contributed by atoms with Gasteiger partial charge in [-0.15, -0.1) is 0 Å². The lowest BCUT2D eigenvalue weighted by atomic mass is 10.1. The number of alkyl halides is 1. The summed E-state index contributed by atoms with van der Waals surface area (Å²) in [7, 11) is 1.59. The summed E-state index contributed by atoms with van der Waals surface area (Å²) < 4.78 is 15.9. The molecule has 1 fully saturated rings. The van der Waals surface area contributed by atoms with Crippen LogP contribution in [0.5, 0.6) is 0 Å². The lowest BCUT2D eigenvalue weighted by Gasteiger charge is -2.28. The molecule has 1 aliphatic heterocycles. The number of imidazole rings is 1. The van der Waals surface area contributed by atoms with Gasteiger partial charge in [-0.2, -0.15) is 0 Å². The minimum Gasteiger partial charge on any atom is -0.363 e. The predicted molar refractivity (Wildman–Crippen MR) is 102 cm³/mol. The summed E-state index contributed by atoms with van der Waals surface area (Å²) in [5, 5.41) is 8.98. The second-order valence-corrected chi connectivity index (χ2v) is 6.53. The lowest BCUT2D eigenvalue weighted by Crippen LogP contribution is -2.46. The zero-order valence-electron chi connectivity index (χ0n) is 14.9. The van der Waals surface area contributed by atoms with E-state index in [0.29, 0.717) is 36.5 Å². The Hall–Kier alpha value is -3.00. The molecule has 0 aromatic carbocycles. The topological polar surface area (TPSA) is 83.4 Å². The quantitative estimate of drug-likeness (QED) is 0.655. The third-order valence-electron chi connectivity index (χ3n) is 4.75. The second kappa shape index (κ2) is 7.32. The summed E-state index contributed by atoms with van der Waals surface area (Å²) in [5.41, 5.74) is 2.73. The van der Waals surface area contributed by atoms with Crippen molar-refractivity contribution < 1.29 is 9.18 Å². The van der Waals surface area contributed by atoms with Gasteiger partial charge >= 0.3 is 0 Å². The van der Waals surface area contributed by atoms with Crippen LogP contribution in [0.4, 0.5) is 10.2 Å². The van der Waals surface area contributed by atoms with Gasteiger partial charge in [-0.25, -0.2) is 14.4 Å². The summed E-state index contributed by atoms with van der Waals surface area (Å²) in [6.45, 7) is 1.28. The fourth-order valence-corrected chi connectivity index (χ4v) is 3.27. The SMILES string of the molecule is CNC(=O)c1ccn2c(-c3cccc(NC4CNCCC4F)n3)cnc2c1. The van der Waals surface area contributed by atoms with Crippen molar-refractivity contribution in [3.05, 3.63) is 48.3 Å². The van der Waals surface area contributed by atoms with Crippen LogP contribution in [0, 0.1) is 0 Å². The molecule has 4 heterocycles. The third-order valence-corrected chi connectivity index (χ3v) is 4.75. The maximum Gasteiger partial charge on any atom is 0.251 e. The van der Waals surface area contributed by atoms with Crippen LogP contribution in [0.3, 0.4) is 0 Å². The number of nitrogens with zero attached hydrogens (tertiary/aromatic N) is 3. The minimum atomic E-state index is -0.893. The van der Waals surface area contributed by atoms with Crippen LogP contribution in [-0.4, -0.2) is 52.6 Å². The number of carbonyl (C=O) groups excluding carboxylic acids is 1. The number of amides is 1. The highest BCUT2D eigenvalue weighted by molar-refractivity contribution is 5.94. The zero-order valence-corrected chi connectivity index (χ0v) is 14.9. The highest BCUT2D eigenvalue weighted by Gasteiger charge is 2.24. The van der Waals surface area contributed by atoms with Crippen LogP contribution in [0.15, 0.2) is 42.7 Å². The monoisotopic (exact) mass is 368 g/mol. The van der Waals surface area contributed by atoms with E-state index in [-0.39, 0.29) is 11.9 Å². The molecular formula is C19H21FN6O. The molecule has 0 spiro atoms. The molecule has 0 bridgehead atoms. The molecule has 3 aromatic heterocycles. The maximum absolute atomic E-state index is 14.1. The zero-order chi connectivity index (χ0) is 18.8. The Balaban J connectivity index is 1.62. The standard InChI is InChI=1S/C19H21FN6O/c1-21-19(27)12-6-8-26-16(11-23-18(26)9-12)14-3-2-4-17(24-14)25-15-10-22-7-5-13(15)20/h2-4,6,8-9,11,13,15,22H,5,7,10H2,1H3,(H,21,27)(H,24,25). The van der Waals surface area contributed by atoms with Crippen molar-refractivity contribution in [1.82, 2.24) is 25.0 Å². The molecule has 1 aliphatic rings. The van der Waals surface area contributed by atoms with E-state index in [4.69, 9.17) is 0 Å². The molecule has 3 aromatic rings. The Morgan fingerprint density at radius 2 is 2.26 bits per heavy atom. The highest BCUT2D eigenvalue weighted by Crippen LogP contribution is 2.22. The smallest absolute Gasteiger partial charge is 0.251 e. The van der Waals surface area contributed by atoms with E-state index in [9.17, 15) is 9.18 Å². The number of rotatable bonds is 4. The van der Waals surface area contributed by atoms with E-state index in [1.165, 1.54) is 0 Å². The average molecular weight is 368 g/mol. The van der Waals surface area contributed by atoms with Crippen molar-refractivity contribution in [3.63, 3.8) is 0 Å². The number of pyridine rings is 2. The molecule has 1 amide bonds. The van der Waals surface area contributed by atoms with Gasteiger partial charge in [0, 0.05) is 25.4 Å². The predicted octanol–water partition coefficient (Wildman–Crippen LogP) is 1.87. The number of halogens is 1. The number of hydrogen-bond acceptors (Lipinski definition) is 5. The van der Waals surface area contributed by atoms with E-state index in [2.05, 4.69) is 25.9 Å². The molecule has 2 atom stereocenters. The third kappa shape index (κ3) is 3.48. The molecule has 0 aliphatic carbocycles. The van der Waals surface area contributed by atoms with Crippen molar-refractivity contribution in [1.29, 1.82) is 0 Å². The van der Waals surface area contributed by atoms with Crippen molar-refractivity contribution in [2.24, 2.45) is 0 Å². The number of nitrogens with one attached hydrogen (secondary N) is 3. The molecule has 27 heavy (non-hydrogen) atoms. The van der Waals surface area contributed by atoms with Gasteiger partial charge in [0.1, 0.15) is 17.6 Å². The van der Waals surface area contributed by atoms with E-state index in [1.807, 2.05) is 22.6 Å². The van der Waals surface area contributed by atoms with Crippen LogP contribution in [-0.2, 0) is 0 Å². The molecule has 1 saturated heterocycles. The first-order valence-electron chi connectivity index (χ1n) is 8.93. The van der Waals surface area contributed by atoms with Gasteiger partial charge in [-0.1, -0.05) is 6.07 Å². The minimum absolute atomic E-state index is 0.159. The van der Waals surface area contributed by atoms with Gasteiger partial charge in [-0.3, -0.25) is 9.20 Å². The summed E-state index contributed by atoms with van der Waals surface area (Å²) >= 11 is 0. The Kier molecular flexibility index (Phi) is 4.72. The van der Waals surface area contributed by atoms with Gasteiger partial charge in [0.2, 0.25) is 0 Å². The molecule has 4 rings (SSSR count). The summed E-state index contributed by atoms with van der Waals surface area (Å²) in [4.78, 5) is 20.8. The number of fused-ring (bicyclic) bond motifs is 1. The molecule has 3 N–H and O–H groups in total. The number of aromatic nitrogens is 3. The van der Waals surface area contributed by atoms with E-state index in [0.717, 1.165) is 11.4 Å². The molecule has 0 saturated carbocycles. The Labute approximate surface area is 156 Å². The van der Waals surface area contributed by atoms with Crippen LogP contribution in [0.25, 0.3) is 17.0 Å². The molecule has 0 radical (unpaired) electrons. The number of hydrogen-bond donors (Lipinski definition) is 3. The maximum atomic E-state index is 14.1. The Bertz CT molecular complexity index is 972. The van der Waals surface area contributed by atoms with E-state index < -0.39 is 6.17 Å². The molecular weight excluding hydrogens is 347 g/mol. The van der Waals surface area contributed by atoms with Crippen molar-refractivity contribution in [3.8, 4) is 11.4 Å². The Morgan fingerprint density at radius 3 is 3.07 bits per heavy atom. The summed E-state index contributed by atoms with van der Waals surface area (Å²) in [5.74, 6) is 0.467. The van der Waals surface area contributed by atoms with Gasteiger partial charge < -0.3 is 16.0 Å². The summed E-state index contributed by atoms with van der Waals surface area (Å²) in [6, 6.07) is 8.77. The largest absolute Gasteiger partial charge is 0.363 e. The van der Waals surface area contributed by atoms with Gasteiger partial charge in [0.05, 0.1) is 23.6 Å². The highest BCUT2D eigenvalue weighted by atomic mass is 19.1. The fraction of sp³-hybridized carbons (Fsp3) is 0.316. The normalized spacial score (nSPS) is 19.8. The molecule has 7 nitrogen and oxygen atoms in total. The Morgan fingerprint density at radius 1 is 1.37 bits per heavy atom. The number of carbonyl (C=O) groups is 1. The fourth-order valence-electron chi connectivity index (χ4n) is 3.27. The van der Waals surface area contributed by atoms with Gasteiger partial charge in [0.25, 0.3) is 5.91 Å². The first kappa shape index (κ1) is 17.4. The van der Waals surface area contributed by atoms with Crippen molar-refractivity contribution in [2.45, 2.75) is 18.6 Å². The molecule has 2 unspecified atom stereocenters. The average Bonchev–Trinajstić information content (AvgIpc) is 3.12. The first-order chi connectivity index (χ1) is 13.2. The van der Waals surface area contributed by atoms with Gasteiger partial charge in [-0.05, 0) is 37.2 Å². The van der Waals surface area contributed by atoms with Crippen LogP contribution in [0.2, 0.25) is 0 Å². The van der Waals surface area contributed by atoms with Crippen molar-refractivity contribution in [2.75, 3.05) is 25.5 Å². The first-order valence-corrected chi connectivity index (χ1v) is 8.93. The van der Waals surface area contributed by atoms with Crippen LogP contribution >= 0.6 is 0 Å². The van der Waals surface area contributed by atoms with Crippen LogP contribution in [0.1, 0.15) is 16.8 Å². The van der Waals surface area contributed by atoms with Gasteiger partial charge in [0.15, 0.2) is 0 Å².